The van der Waals surface area contributed by atoms with Crippen molar-refractivity contribution in [3.63, 3.8) is 0 Å². The third-order valence-corrected chi connectivity index (χ3v) is 1.74. The van der Waals surface area contributed by atoms with Crippen molar-refractivity contribution in [3.05, 3.63) is 28.8 Å². The molecule has 0 aliphatic rings. The standard InChI is InChI=1S/C9H13N.BrH/c1-6-4-7(2)9(10)8(3)5-6;/h4-5H,10H2,1-3H3;1H. The maximum atomic E-state index is 5.75. The van der Waals surface area contributed by atoms with E-state index >= 15 is 0 Å². The largest absolute Gasteiger partial charge is 0.398 e. The van der Waals surface area contributed by atoms with E-state index in [9.17, 15) is 0 Å². The molecule has 2 N–H and O–H groups in total. The average molecular weight is 216 g/mol. The number of hydrogen-bond acceptors (Lipinski definition) is 1. The number of anilines is 1. The molecule has 0 aliphatic carbocycles. The monoisotopic (exact) mass is 215 g/mol. The molecule has 0 amide bonds. The molecule has 0 aromatic heterocycles. The molecule has 1 aromatic rings. The lowest BCUT2D eigenvalue weighted by molar-refractivity contribution is 1.33. The maximum Gasteiger partial charge on any atom is 0.0373 e. The molecule has 0 aliphatic heterocycles. The second-order valence-electron chi connectivity index (χ2n) is 2.81. The third kappa shape index (κ3) is 2.22. The Morgan fingerprint density at radius 3 is 1.73 bits per heavy atom. The molecule has 0 heterocycles. The summed E-state index contributed by atoms with van der Waals surface area (Å²) in [6, 6.07) is 4.20. The number of rotatable bonds is 0. The van der Waals surface area contributed by atoms with Crippen molar-refractivity contribution < 1.29 is 0 Å². The van der Waals surface area contributed by atoms with E-state index in [1.165, 1.54) is 16.7 Å². The average Bonchev–Trinajstić information content (AvgIpc) is 1.82. The first-order valence-electron chi connectivity index (χ1n) is 3.44. The van der Waals surface area contributed by atoms with Crippen LogP contribution in [0.25, 0.3) is 0 Å². The first kappa shape index (κ1) is 10.5. The molecule has 0 bridgehead atoms. The van der Waals surface area contributed by atoms with Crippen LogP contribution in [0.2, 0.25) is 0 Å². The first-order valence-corrected chi connectivity index (χ1v) is 3.44. The van der Waals surface area contributed by atoms with Gasteiger partial charge < -0.3 is 5.73 Å². The van der Waals surface area contributed by atoms with Gasteiger partial charge in [0.15, 0.2) is 0 Å². The Bertz CT molecular complexity index is 233. The van der Waals surface area contributed by atoms with Gasteiger partial charge in [0.25, 0.3) is 0 Å². The second-order valence-corrected chi connectivity index (χ2v) is 2.81. The SMILES string of the molecule is Br.Cc1cc(C)c(N)c(C)c1. The molecule has 11 heavy (non-hydrogen) atoms. The Balaban J connectivity index is 0.000001000. The van der Waals surface area contributed by atoms with Crippen molar-refractivity contribution in [1.82, 2.24) is 0 Å². The minimum absolute atomic E-state index is 0. The zero-order chi connectivity index (χ0) is 7.72. The molecule has 62 valence electrons. The Kier molecular flexibility index (Phi) is 3.59. The second kappa shape index (κ2) is 3.77. The molecule has 2 heteroatoms. The van der Waals surface area contributed by atoms with Crippen LogP contribution in [0.4, 0.5) is 5.69 Å². The van der Waals surface area contributed by atoms with Gasteiger partial charge in [-0.3, -0.25) is 0 Å². The molecule has 0 saturated heterocycles. The fourth-order valence-corrected chi connectivity index (χ4v) is 1.19. The molecule has 1 rings (SSSR count). The Morgan fingerprint density at radius 1 is 1.00 bits per heavy atom. The van der Waals surface area contributed by atoms with Crippen molar-refractivity contribution in [3.8, 4) is 0 Å². The summed E-state index contributed by atoms with van der Waals surface area (Å²) in [6.45, 7) is 6.16. The van der Waals surface area contributed by atoms with Crippen molar-refractivity contribution >= 4 is 22.7 Å². The Morgan fingerprint density at radius 2 is 1.36 bits per heavy atom. The van der Waals surface area contributed by atoms with Crippen molar-refractivity contribution in [2.24, 2.45) is 0 Å². The van der Waals surface area contributed by atoms with E-state index in [2.05, 4.69) is 19.1 Å². The Hall–Kier alpha value is -0.500. The molecule has 0 fully saturated rings. The van der Waals surface area contributed by atoms with Crippen molar-refractivity contribution in [1.29, 1.82) is 0 Å². The summed E-state index contributed by atoms with van der Waals surface area (Å²) in [5.74, 6) is 0. The third-order valence-electron chi connectivity index (χ3n) is 1.74. The van der Waals surface area contributed by atoms with Gasteiger partial charge in [-0.1, -0.05) is 17.7 Å². The van der Waals surface area contributed by atoms with Crippen molar-refractivity contribution in [2.75, 3.05) is 5.73 Å². The smallest absolute Gasteiger partial charge is 0.0373 e. The predicted octanol–water partition coefficient (Wildman–Crippen LogP) is 2.77. The zero-order valence-corrected chi connectivity index (χ0v) is 8.85. The summed E-state index contributed by atoms with van der Waals surface area (Å²) in [4.78, 5) is 0. The van der Waals surface area contributed by atoms with E-state index in [-0.39, 0.29) is 17.0 Å². The highest BCUT2D eigenvalue weighted by Crippen LogP contribution is 2.17. The van der Waals surface area contributed by atoms with E-state index in [1.54, 1.807) is 0 Å². The number of aryl methyl sites for hydroxylation is 3. The number of hydrogen-bond donors (Lipinski definition) is 1. The van der Waals surface area contributed by atoms with E-state index in [1.807, 2.05) is 13.8 Å². The predicted molar refractivity (Wildman–Crippen MR) is 55.4 cm³/mol. The molecule has 1 aromatic carbocycles. The van der Waals surface area contributed by atoms with Gasteiger partial charge in [-0.25, -0.2) is 0 Å². The quantitative estimate of drug-likeness (QED) is 0.663. The summed E-state index contributed by atoms with van der Waals surface area (Å²) in [7, 11) is 0. The van der Waals surface area contributed by atoms with Gasteiger partial charge in [0.1, 0.15) is 0 Å². The molecule has 0 radical (unpaired) electrons. The minimum Gasteiger partial charge on any atom is -0.398 e. The molecular formula is C9H14BrN. The summed E-state index contributed by atoms with van der Waals surface area (Å²) in [5.41, 5.74) is 10.3. The van der Waals surface area contributed by atoms with Crippen LogP contribution in [-0.4, -0.2) is 0 Å². The lowest BCUT2D eigenvalue weighted by atomic mass is 10.1. The molecule has 0 spiro atoms. The maximum absolute atomic E-state index is 5.75. The van der Waals surface area contributed by atoms with Crippen LogP contribution in [0.3, 0.4) is 0 Å². The van der Waals surface area contributed by atoms with E-state index in [4.69, 9.17) is 5.73 Å². The highest BCUT2D eigenvalue weighted by atomic mass is 79.9. The summed E-state index contributed by atoms with van der Waals surface area (Å²) < 4.78 is 0. The van der Waals surface area contributed by atoms with Crippen LogP contribution in [-0.2, 0) is 0 Å². The normalized spacial score (nSPS) is 9.00. The zero-order valence-electron chi connectivity index (χ0n) is 7.14. The van der Waals surface area contributed by atoms with Gasteiger partial charge in [0.05, 0.1) is 0 Å². The van der Waals surface area contributed by atoms with Crippen LogP contribution in [0, 0.1) is 20.8 Å². The van der Waals surface area contributed by atoms with Gasteiger partial charge in [0, 0.05) is 5.69 Å². The molecule has 0 atom stereocenters. The van der Waals surface area contributed by atoms with Gasteiger partial charge in [-0.05, 0) is 31.9 Å². The number of nitrogens with two attached hydrogens (primary N) is 1. The van der Waals surface area contributed by atoms with E-state index in [0.29, 0.717) is 0 Å². The number of nitrogen functional groups attached to an aromatic ring is 1. The number of benzene rings is 1. The van der Waals surface area contributed by atoms with Gasteiger partial charge in [-0.15, -0.1) is 17.0 Å². The lowest BCUT2D eigenvalue weighted by Gasteiger charge is -2.04. The van der Waals surface area contributed by atoms with Gasteiger partial charge >= 0.3 is 0 Å². The molecule has 1 nitrogen and oxygen atoms in total. The molecule has 0 unspecified atom stereocenters. The van der Waals surface area contributed by atoms with Gasteiger partial charge in [-0.2, -0.15) is 0 Å². The van der Waals surface area contributed by atoms with Crippen LogP contribution >= 0.6 is 17.0 Å². The van der Waals surface area contributed by atoms with Crippen LogP contribution in [0.15, 0.2) is 12.1 Å². The fraction of sp³-hybridized carbons (Fsp3) is 0.333. The lowest BCUT2D eigenvalue weighted by Crippen LogP contribution is -1.93. The Labute approximate surface area is 78.4 Å². The molecular weight excluding hydrogens is 202 g/mol. The summed E-state index contributed by atoms with van der Waals surface area (Å²) in [5, 5.41) is 0. The first-order chi connectivity index (χ1) is 4.61. The molecule has 0 saturated carbocycles. The topological polar surface area (TPSA) is 26.0 Å². The minimum atomic E-state index is 0. The van der Waals surface area contributed by atoms with Crippen molar-refractivity contribution in [2.45, 2.75) is 20.8 Å². The van der Waals surface area contributed by atoms with E-state index < -0.39 is 0 Å². The van der Waals surface area contributed by atoms with Crippen LogP contribution < -0.4 is 5.73 Å². The fourth-order valence-electron chi connectivity index (χ4n) is 1.19. The van der Waals surface area contributed by atoms with Gasteiger partial charge in [0.2, 0.25) is 0 Å². The van der Waals surface area contributed by atoms with E-state index in [0.717, 1.165) is 5.69 Å². The van der Waals surface area contributed by atoms with Crippen LogP contribution in [0.5, 0.6) is 0 Å². The highest BCUT2D eigenvalue weighted by molar-refractivity contribution is 8.93. The summed E-state index contributed by atoms with van der Waals surface area (Å²) >= 11 is 0. The summed E-state index contributed by atoms with van der Waals surface area (Å²) in [6.07, 6.45) is 0. The van der Waals surface area contributed by atoms with Crippen LogP contribution in [0.1, 0.15) is 16.7 Å². The highest BCUT2D eigenvalue weighted by Gasteiger charge is 1.96. The number of halogens is 1.